The van der Waals surface area contributed by atoms with Crippen molar-refractivity contribution in [1.82, 2.24) is 19.9 Å². The van der Waals surface area contributed by atoms with Gasteiger partial charge in [-0.3, -0.25) is 4.90 Å². The van der Waals surface area contributed by atoms with Gasteiger partial charge in [-0.25, -0.2) is 15.0 Å². The Hall–Kier alpha value is -2.26. The Morgan fingerprint density at radius 3 is 2.45 bits per heavy atom. The van der Waals surface area contributed by atoms with E-state index in [0.29, 0.717) is 25.3 Å². The molecule has 1 spiro atoms. The lowest BCUT2D eigenvalue weighted by Gasteiger charge is -2.49. The van der Waals surface area contributed by atoms with Gasteiger partial charge in [0.05, 0.1) is 11.7 Å². The number of hydrogen-bond donors (Lipinski definition) is 1. The number of pyridine rings is 1. The fourth-order valence-corrected chi connectivity index (χ4v) is 4.49. The highest BCUT2D eigenvalue weighted by Crippen LogP contribution is 2.41. The summed E-state index contributed by atoms with van der Waals surface area (Å²) in [6.45, 7) is 3.69. The van der Waals surface area contributed by atoms with E-state index in [0.717, 1.165) is 50.3 Å². The van der Waals surface area contributed by atoms with Gasteiger partial charge in [0.1, 0.15) is 12.1 Å². The maximum Gasteiger partial charge on any atom is 0.417 e. The molecule has 0 bridgehead atoms. The van der Waals surface area contributed by atoms with Crippen molar-refractivity contribution in [3.05, 3.63) is 48.2 Å². The molecule has 4 rings (SSSR count). The third-order valence-corrected chi connectivity index (χ3v) is 5.96. The van der Waals surface area contributed by atoms with Gasteiger partial charge in [0.2, 0.25) is 0 Å². The molecule has 6 nitrogen and oxygen atoms in total. The van der Waals surface area contributed by atoms with Crippen LogP contribution in [-0.4, -0.2) is 57.2 Å². The highest BCUT2D eigenvalue weighted by molar-refractivity contribution is 5.41. The van der Waals surface area contributed by atoms with Crippen LogP contribution in [0, 0.1) is 5.41 Å². The number of anilines is 1. The molecule has 2 aliphatic heterocycles. The molecular weight excluding hydrogens is 383 g/mol. The van der Waals surface area contributed by atoms with Gasteiger partial charge in [-0.1, -0.05) is 0 Å². The van der Waals surface area contributed by atoms with E-state index in [1.54, 1.807) is 0 Å². The van der Waals surface area contributed by atoms with Crippen molar-refractivity contribution in [2.24, 2.45) is 5.41 Å². The first-order chi connectivity index (χ1) is 13.8. The molecular formula is C20H24F3N5O. The van der Waals surface area contributed by atoms with E-state index in [9.17, 15) is 18.3 Å². The maximum absolute atomic E-state index is 12.8. The van der Waals surface area contributed by atoms with Gasteiger partial charge in [0.15, 0.2) is 0 Å². The summed E-state index contributed by atoms with van der Waals surface area (Å²) in [5.41, 5.74) is 0.264. The zero-order valence-corrected chi connectivity index (χ0v) is 16.0. The molecule has 2 aliphatic rings. The summed E-state index contributed by atoms with van der Waals surface area (Å²) in [7, 11) is 0. The Morgan fingerprint density at radius 2 is 1.83 bits per heavy atom. The lowest BCUT2D eigenvalue weighted by molar-refractivity contribution is -0.137. The summed E-state index contributed by atoms with van der Waals surface area (Å²) in [6, 6.07) is 2.46. The molecule has 29 heavy (non-hydrogen) atoms. The quantitative estimate of drug-likeness (QED) is 0.844. The molecule has 156 valence electrons. The SMILES string of the molecule is OC1CN(c2ccc(C(F)(F)F)cn2)CC2(CCN(Cc3cncnc3)CC2)C1. The fraction of sp³-hybridized carbons (Fsp3) is 0.550. The van der Waals surface area contributed by atoms with Crippen molar-refractivity contribution in [3.63, 3.8) is 0 Å². The third kappa shape index (κ3) is 4.67. The third-order valence-electron chi connectivity index (χ3n) is 5.96. The Labute approximate surface area is 167 Å². The lowest BCUT2D eigenvalue weighted by Crippen LogP contribution is -2.54. The number of likely N-dealkylation sites (tertiary alicyclic amines) is 1. The second-order valence-electron chi connectivity index (χ2n) is 8.16. The van der Waals surface area contributed by atoms with Crippen LogP contribution in [0.15, 0.2) is 37.1 Å². The molecule has 9 heteroatoms. The van der Waals surface area contributed by atoms with Crippen molar-refractivity contribution in [1.29, 1.82) is 0 Å². The van der Waals surface area contributed by atoms with E-state index in [-0.39, 0.29) is 5.41 Å². The first-order valence-corrected chi connectivity index (χ1v) is 9.76. The minimum Gasteiger partial charge on any atom is -0.391 e. The standard InChI is InChI=1S/C20H24F3N5O/c21-20(22,23)16-1-2-18(26-10-16)28-12-17(29)7-19(13-28)3-5-27(6-4-19)11-15-8-24-14-25-9-15/h1-2,8-10,14,17,29H,3-7,11-13H2. The Balaban J connectivity index is 1.41. The van der Waals surface area contributed by atoms with E-state index < -0.39 is 17.8 Å². The molecule has 2 saturated heterocycles. The van der Waals surface area contributed by atoms with Crippen LogP contribution < -0.4 is 4.90 Å². The Bertz CT molecular complexity index is 807. The van der Waals surface area contributed by atoms with E-state index >= 15 is 0 Å². The molecule has 2 fully saturated rings. The Morgan fingerprint density at radius 1 is 1.10 bits per heavy atom. The number of piperidine rings is 2. The van der Waals surface area contributed by atoms with Crippen LogP contribution in [0.2, 0.25) is 0 Å². The zero-order valence-electron chi connectivity index (χ0n) is 16.0. The fourth-order valence-electron chi connectivity index (χ4n) is 4.49. The number of hydrogen-bond acceptors (Lipinski definition) is 6. The molecule has 0 aliphatic carbocycles. The molecule has 4 heterocycles. The van der Waals surface area contributed by atoms with E-state index in [1.807, 2.05) is 17.3 Å². The molecule has 1 unspecified atom stereocenters. The summed E-state index contributed by atoms with van der Waals surface area (Å²) in [4.78, 5) is 16.4. The van der Waals surface area contributed by atoms with Gasteiger partial charge in [0, 0.05) is 43.8 Å². The van der Waals surface area contributed by atoms with Crippen molar-refractivity contribution < 1.29 is 18.3 Å². The van der Waals surface area contributed by atoms with Crippen molar-refractivity contribution in [3.8, 4) is 0 Å². The predicted octanol–water partition coefficient (Wildman–Crippen LogP) is 2.74. The summed E-state index contributed by atoms with van der Waals surface area (Å²) in [5, 5.41) is 10.5. The summed E-state index contributed by atoms with van der Waals surface area (Å²) >= 11 is 0. The number of β-amino-alcohol motifs (C(OH)–C–C–N with tert-alkyl or cyclic N) is 1. The van der Waals surface area contributed by atoms with Crippen molar-refractivity contribution in [2.45, 2.75) is 38.1 Å². The van der Waals surface area contributed by atoms with Gasteiger partial charge in [-0.05, 0) is 49.9 Å². The molecule has 1 N–H and O–H groups in total. The molecule has 0 radical (unpaired) electrons. The molecule has 0 amide bonds. The monoisotopic (exact) mass is 407 g/mol. The number of nitrogens with zero attached hydrogens (tertiary/aromatic N) is 5. The van der Waals surface area contributed by atoms with Crippen LogP contribution in [0.3, 0.4) is 0 Å². The average molecular weight is 407 g/mol. The van der Waals surface area contributed by atoms with E-state index in [1.165, 1.54) is 12.4 Å². The molecule has 0 aromatic carbocycles. The van der Waals surface area contributed by atoms with Crippen LogP contribution in [0.1, 0.15) is 30.4 Å². The number of alkyl halides is 3. The maximum atomic E-state index is 12.8. The smallest absolute Gasteiger partial charge is 0.391 e. The number of aliphatic hydroxyl groups excluding tert-OH is 1. The number of halogens is 3. The number of aromatic nitrogens is 3. The topological polar surface area (TPSA) is 65.4 Å². The second-order valence-corrected chi connectivity index (χ2v) is 8.16. The van der Waals surface area contributed by atoms with Crippen LogP contribution in [0.4, 0.5) is 19.0 Å². The largest absolute Gasteiger partial charge is 0.417 e. The minimum absolute atomic E-state index is 0.0499. The Kier molecular flexibility index (Phi) is 5.44. The van der Waals surface area contributed by atoms with Gasteiger partial charge >= 0.3 is 6.18 Å². The van der Waals surface area contributed by atoms with Crippen molar-refractivity contribution >= 4 is 5.82 Å². The molecule has 2 aromatic heterocycles. The lowest BCUT2D eigenvalue weighted by atomic mass is 9.71. The van der Waals surface area contributed by atoms with Gasteiger partial charge in [-0.2, -0.15) is 13.2 Å². The highest BCUT2D eigenvalue weighted by atomic mass is 19.4. The predicted molar refractivity (Wildman–Crippen MR) is 101 cm³/mol. The van der Waals surface area contributed by atoms with E-state index in [4.69, 9.17) is 0 Å². The molecule has 0 saturated carbocycles. The zero-order chi connectivity index (χ0) is 20.5. The summed E-state index contributed by atoms with van der Waals surface area (Å²) in [6.07, 6.45) is 3.68. The van der Waals surface area contributed by atoms with Crippen LogP contribution in [-0.2, 0) is 12.7 Å². The van der Waals surface area contributed by atoms with Crippen LogP contribution in [0.5, 0.6) is 0 Å². The first-order valence-electron chi connectivity index (χ1n) is 9.76. The molecule has 2 aromatic rings. The van der Waals surface area contributed by atoms with Crippen LogP contribution in [0.25, 0.3) is 0 Å². The minimum atomic E-state index is -4.40. The first kappa shape index (κ1) is 20.0. The number of rotatable bonds is 3. The van der Waals surface area contributed by atoms with Gasteiger partial charge in [0.25, 0.3) is 0 Å². The highest BCUT2D eigenvalue weighted by Gasteiger charge is 2.42. The average Bonchev–Trinajstić information content (AvgIpc) is 2.70. The summed E-state index contributed by atoms with van der Waals surface area (Å²) in [5.74, 6) is 0.486. The van der Waals surface area contributed by atoms with Crippen LogP contribution >= 0.6 is 0 Å². The van der Waals surface area contributed by atoms with Gasteiger partial charge in [-0.15, -0.1) is 0 Å². The molecule has 1 atom stereocenters. The number of aliphatic hydroxyl groups is 1. The normalized spacial score (nSPS) is 22.8. The summed E-state index contributed by atoms with van der Waals surface area (Å²) < 4.78 is 38.4. The van der Waals surface area contributed by atoms with Gasteiger partial charge < -0.3 is 10.0 Å². The van der Waals surface area contributed by atoms with Crippen molar-refractivity contribution in [2.75, 3.05) is 31.1 Å². The van der Waals surface area contributed by atoms with E-state index in [2.05, 4.69) is 19.9 Å². The second kappa shape index (κ2) is 7.87.